The van der Waals surface area contributed by atoms with Gasteiger partial charge in [0.2, 0.25) is 0 Å². The molecule has 2 rings (SSSR count). The van der Waals surface area contributed by atoms with Crippen molar-refractivity contribution in [1.29, 1.82) is 0 Å². The third-order valence-electron chi connectivity index (χ3n) is 2.81. The topological polar surface area (TPSA) is 58.6 Å². The Hall–Kier alpha value is -1.62. The van der Waals surface area contributed by atoms with Gasteiger partial charge in [-0.15, -0.1) is 0 Å². The Balaban J connectivity index is 2.19. The molecule has 0 aromatic heterocycles. The van der Waals surface area contributed by atoms with E-state index in [1.807, 2.05) is 0 Å². The normalized spacial score (nSPS) is 16.8. The van der Waals surface area contributed by atoms with E-state index in [1.165, 1.54) is 6.07 Å². The lowest BCUT2D eigenvalue weighted by Crippen LogP contribution is -2.28. The van der Waals surface area contributed by atoms with Crippen molar-refractivity contribution in [3.63, 3.8) is 0 Å². The predicted octanol–water partition coefficient (Wildman–Crippen LogP) is 2.11. The van der Waals surface area contributed by atoms with E-state index in [1.54, 1.807) is 6.07 Å². The molecular weight excluding hydrogens is 225 g/mol. The summed E-state index contributed by atoms with van der Waals surface area (Å²) in [4.78, 5) is 11.0. The minimum atomic E-state index is -1.25. The first-order valence-electron chi connectivity index (χ1n) is 5.54. The van der Waals surface area contributed by atoms with Crippen molar-refractivity contribution in [3.8, 4) is 0 Å². The Morgan fingerprint density at radius 3 is 2.76 bits per heavy atom. The third kappa shape index (κ3) is 2.74. The molecule has 1 aliphatic heterocycles. The molecule has 1 heterocycles. The lowest BCUT2D eigenvalue weighted by atomic mass is 10.1. The van der Waals surface area contributed by atoms with Crippen molar-refractivity contribution >= 4 is 11.7 Å². The summed E-state index contributed by atoms with van der Waals surface area (Å²) in [6.45, 7) is 1.30. The number of aromatic carboxylic acids is 1. The molecule has 1 aliphatic rings. The van der Waals surface area contributed by atoms with E-state index < -0.39 is 11.8 Å². The molecule has 1 saturated heterocycles. The van der Waals surface area contributed by atoms with E-state index in [4.69, 9.17) is 9.84 Å². The average molecular weight is 239 g/mol. The van der Waals surface area contributed by atoms with Gasteiger partial charge in [0.15, 0.2) is 0 Å². The highest BCUT2D eigenvalue weighted by Crippen LogP contribution is 2.22. The van der Waals surface area contributed by atoms with Crippen LogP contribution in [-0.2, 0) is 4.74 Å². The predicted molar refractivity (Wildman–Crippen MR) is 60.8 cm³/mol. The Morgan fingerprint density at radius 2 is 2.12 bits per heavy atom. The van der Waals surface area contributed by atoms with Crippen LogP contribution in [0.1, 0.15) is 23.2 Å². The maximum absolute atomic E-state index is 13.4. The number of hydrogen-bond acceptors (Lipinski definition) is 3. The maximum atomic E-state index is 13.4. The molecular formula is C12H14FNO3. The van der Waals surface area contributed by atoms with Gasteiger partial charge in [-0.25, -0.2) is 9.18 Å². The molecule has 0 atom stereocenters. The Bertz CT molecular complexity index is 416. The summed E-state index contributed by atoms with van der Waals surface area (Å²) in [7, 11) is 0. The van der Waals surface area contributed by atoms with Crippen LogP contribution in [0.25, 0.3) is 0 Å². The zero-order valence-electron chi connectivity index (χ0n) is 9.28. The van der Waals surface area contributed by atoms with Crippen LogP contribution in [0.3, 0.4) is 0 Å². The highest BCUT2D eigenvalue weighted by molar-refractivity contribution is 5.94. The quantitative estimate of drug-likeness (QED) is 0.848. The number of ether oxygens (including phenoxy) is 1. The molecule has 5 heteroatoms. The summed E-state index contributed by atoms with van der Waals surface area (Å²) in [6.07, 6.45) is 1.60. The van der Waals surface area contributed by atoms with Crippen LogP contribution < -0.4 is 5.32 Å². The molecule has 0 bridgehead atoms. The minimum Gasteiger partial charge on any atom is -0.478 e. The van der Waals surface area contributed by atoms with E-state index in [0.717, 1.165) is 18.9 Å². The minimum absolute atomic E-state index is 0.142. The van der Waals surface area contributed by atoms with Gasteiger partial charge >= 0.3 is 5.97 Å². The molecule has 17 heavy (non-hydrogen) atoms. The van der Waals surface area contributed by atoms with Gasteiger partial charge in [-0.1, -0.05) is 6.07 Å². The van der Waals surface area contributed by atoms with Crippen molar-refractivity contribution < 1.29 is 19.0 Å². The number of carboxylic acid groups (broad SMARTS) is 1. The van der Waals surface area contributed by atoms with Crippen molar-refractivity contribution in [3.05, 3.63) is 29.6 Å². The number of benzene rings is 1. The maximum Gasteiger partial charge on any atom is 0.340 e. The smallest absolute Gasteiger partial charge is 0.340 e. The highest BCUT2D eigenvalue weighted by Gasteiger charge is 2.19. The van der Waals surface area contributed by atoms with E-state index in [9.17, 15) is 9.18 Å². The van der Waals surface area contributed by atoms with Crippen molar-refractivity contribution in [2.45, 2.75) is 18.9 Å². The monoisotopic (exact) mass is 239 g/mol. The van der Waals surface area contributed by atoms with Crippen LogP contribution in [0.4, 0.5) is 10.1 Å². The van der Waals surface area contributed by atoms with Gasteiger partial charge in [-0.3, -0.25) is 0 Å². The van der Waals surface area contributed by atoms with E-state index in [0.29, 0.717) is 18.9 Å². The molecule has 0 aliphatic carbocycles. The molecule has 0 saturated carbocycles. The molecule has 2 N–H and O–H groups in total. The van der Waals surface area contributed by atoms with Crippen LogP contribution in [0.2, 0.25) is 0 Å². The standard InChI is InChI=1S/C12H14FNO3/c13-9-2-1-3-10(11(9)12(15)16)14-8-4-6-17-7-5-8/h1-3,8,14H,4-7H2,(H,15,16). The van der Waals surface area contributed by atoms with Crippen molar-refractivity contribution in [1.82, 2.24) is 0 Å². The molecule has 0 spiro atoms. The first-order chi connectivity index (χ1) is 8.18. The Kier molecular flexibility index (Phi) is 3.58. The van der Waals surface area contributed by atoms with E-state index in [2.05, 4.69) is 5.32 Å². The Labute approximate surface area is 98.4 Å². The van der Waals surface area contributed by atoms with Gasteiger partial charge in [0.1, 0.15) is 11.4 Å². The van der Waals surface area contributed by atoms with Gasteiger partial charge in [0.05, 0.1) is 5.69 Å². The van der Waals surface area contributed by atoms with Gasteiger partial charge in [-0.05, 0) is 25.0 Å². The van der Waals surface area contributed by atoms with Gasteiger partial charge in [-0.2, -0.15) is 0 Å². The number of nitrogens with one attached hydrogen (secondary N) is 1. The van der Waals surface area contributed by atoms with Crippen molar-refractivity contribution in [2.24, 2.45) is 0 Å². The van der Waals surface area contributed by atoms with Crippen LogP contribution in [0, 0.1) is 5.82 Å². The number of halogens is 1. The van der Waals surface area contributed by atoms with Gasteiger partial charge in [0.25, 0.3) is 0 Å². The lowest BCUT2D eigenvalue weighted by molar-refractivity contribution is 0.0692. The molecule has 1 aromatic carbocycles. The Morgan fingerprint density at radius 1 is 1.41 bits per heavy atom. The summed E-state index contributed by atoms with van der Waals surface area (Å²) in [5, 5.41) is 12.0. The summed E-state index contributed by atoms with van der Waals surface area (Å²) in [6, 6.07) is 4.38. The highest BCUT2D eigenvalue weighted by atomic mass is 19.1. The summed E-state index contributed by atoms with van der Waals surface area (Å²) in [5.41, 5.74) is 0.0448. The fraction of sp³-hybridized carbons (Fsp3) is 0.417. The molecule has 0 radical (unpaired) electrons. The molecule has 0 unspecified atom stereocenters. The fourth-order valence-electron chi connectivity index (χ4n) is 1.92. The van der Waals surface area contributed by atoms with Gasteiger partial charge in [0, 0.05) is 19.3 Å². The van der Waals surface area contributed by atoms with Crippen LogP contribution in [0.15, 0.2) is 18.2 Å². The second-order valence-electron chi connectivity index (χ2n) is 4.00. The van der Waals surface area contributed by atoms with Crippen molar-refractivity contribution in [2.75, 3.05) is 18.5 Å². The molecule has 4 nitrogen and oxygen atoms in total. The summed E-state index contributed by atoms with van der Waals surface area (Å²) >= 11 is 0. The third-order valence-corrected chi connectivity index (χ3v) is 2.81. The van der Waals surface area contributed by atoms with Gasteiger partial charge < -0.3 is 15.2 Å². The number of hydrogen-bond donors (Lipinski definition) is 2. The lowest BCUT2D eigenvalue weighted by Gasteiger charge is -2.24. The second-order valence-corrected chi connectivity index (χ2v) is 4.00. The fourth-order valence-corrected chi connectivity index (χ4v) is 1.92. The summed E-state index contributed by atoms with van der Waals surface area (Å²) in [5.74, 6) is -1.97. The SMILES string of the molecule is O=C(O)c1c(F)cccc1NC1CCOCC1. The number of carboxylic acids is 1. The van der Waals surface area contributed by atoms with Crippen LogP contribution in [-0.4, -0.2) is 30.3 Å². The first kappa shape index (κ1) is 11.9. The van der Waals surface area contributed by atoms with Crippen LogP contribution in [0.5, 0.6) is 0 Å². The molecule has 0 amide bonds. The number of carbonyl (C=O) groups is 1. The molecule has 1 fully saturated rings. The van der Waals surface area contributed by atoms with Crippen LogP contribution >= 0.6 is 0 Å². The second kappa shape index (κ2) is 5.14. The van der Waals surface area contributed by atoms with E-state index >= 15 is 0 Å². The average Bonchev–Trinajstić information content (AvgIpc) is 2.30. The summed E-state index contributed by atoms with van der Waals surface area (Å²) < 4.78 is 18.6. The largest absolute Gasteiger partial charge is 0.478 e. The van der Waals surface area contributed by atoms with E-state index in [-0.39, 0.29) is 11.6 Å². The zero-order valence-corrected chi connectivity index (χ0v) is 9.28. The number of anilines is 1. The molecule has 92 valence electrons. The zero-order chi connectivity index (χ0) is 12.3. The number of rotatable bonds is 3. The molecule has 1 aromatic rings. The first-order valence-corrected chi connectivity index (χ1v) is 5.54.